The van der Waals surface area contributed by atoms with Gasteiger partial charge in [-0.15, -0.1) is 0 Å². The second-order valence-electron chi connectivity index (χ2n) is 6.78. The molecule has 9 heteroatoms. The normalized spacial score (nSPS) is 15.6. The monoisotopic (exact) mass is 397 g/mol. The molecule has 0 saturated carbocycles. The predicted octanol–water partition coefficient (Wildman–Crippen LogP) is 1.30. The number of piperazine rings is 1. The summed E-state index contributed by atoms with van der Waals surface area (Å²) in [5.41, 5.74) is 7.05. The molecule has 1 aliphatic rings. The molecule has 0 bridgehead atoms. The molecule has 0 aliphatic carbocycles. The van der Waals surface area contributed by atoms with Crippen molar-refractivity contribution in [1.29, 1.82) is 0 Å². The fraction of sp³-hybridized carbons (Fsp3) is 0.300. The van der Waals surface area contributed by atoms with Gasteiger partial charge in [-0.2, -0.15) is 0 Å². The maximum atomic E-state index is 12.1. The molecule has 3 N–H and O–H groups in total. The van der Waals surface area contributed by atoms with E-state index in [9.17, 15) is 19.7 Å². The lowest BCUT2D eigenvalue weighted by atomic mass is 10.0. The number of nitrogens with one attached hydrogen (secondary N) is 1. The van der Waals surface area contributed by atoms with E-state index < -0.39 is 16.9 Å². The quantitative estimate of drug-likeness (QED) is 0.560. The average molecular weight is 397 g/mol. The highest BCUT2D eigenvalue weighted by Gasteiger charge is 2.31. The van der Waals surface area contributed by atoms with Gasteiger partial charge in [0.25, 0.3) is 11.6 Å². The van der Waals surface area contributed by atoms with Gasteiger partial charge in [0.1, 0.15) is 11.7 Å². The van der Waals surface area contributed by atoms with Crippen LogP contribution >= 0.6 is 0 Å². The van der Waals surface area contributed by atoms with Crippen LogP contribution in [0.25, 0.3) is 0 Å². The summed E-state index contributed by atoms with van der Waals surface area (Å²) >= 11 is 0. The standard InChI is InChI=1S/C20H23N5O4/c1-22-20(27)15-7-8-16(17(13-15)25(28)29)23-9-11-24(12-10-23)18(19(21)26)14-5-3-2-4-6-14/h2-8,13,18H,9-12H2,1H3,(H2,21,26)(H,22,27). The van der Waals surface area contributed by atoms with Gasteiger partial charge in [0.2, 0.25) is 5.91 Å². The highest BCUT2D eigenvalue weighted by atomic mass is 16.6. The molecule has 1 fully saturated rings. The van der Waals surface area contributed by atoms with Crippen molar-refractivity contribution in [2.24, 2.45) is 5.73 Å². The molecular weight excluding hydrogens is 374 g/mol. The maximum absolute atomic E-state index is 12.1. The van der Waals surface area contributed by atoms with Crippen molar-refractivity contribution in [3.05, 3.63) is 69.8 Å². The van der Waals surface area contributed by atoms with E-state index in [1.165, 1.54) is 13.1 Å². The summed E-state index contributed by atoms with van der Waals surface area (Å²) < 4.78 is 0. The number of carbonyl (C=O) groups is 2. The van der Waals surface area contributed by atoms with E-state index in [0.717, 1.165) is 5.56 Å². The number of hydrogen-bond donors (Lipinski definition) is 2. The summed E-state index contributed by atoms with van der Waals surface area (Å²) in [5, 5.41) is 14.0. The minimum Gasteiger partial charge on any atom is -0.368 e. The second kappa shape index (κ2) is 8.70. The Morgan fingerprint density at radius 3 is 2.31 bits per heavy atom. The van der Waals surface area contributed by atoms with Crippen LogP contribution in [0.5, 0.6) is 0 Å². The second-order valence-corrected chi connectivity index (χ2v) is 6.78. The summed E-state index contributed by atoms with van der Waals surface area (Å²) in [6.07, 6.45) is 0. The van der Waals surface area contributed by atoms with Gasteiger partial charge in [0, 0.05) is 44.9 Å². The first-order valence-corrected chi connectivity index (χ1v) is 9.26. The molecule has 1 saturated heterocycles. The van der Waals surface area contributed by atoms with Crippen molar-refractivity contribution in [2.45, 2.75) is 6.04 Å². The minimum atomic E-state index is -0.538. The van der Waals surface area contributed by atoms with Crippen LogP contribution in [-0.2, 0) is 4.79 Å². The van der Waals surface area contributed by atoms with Crippen LogP contribution in [0.1, 0.15) is 22.0 Å². The van der Waals surface area contributed by atoms with Crippen LogP contribution in [0.3, 0.4) is 0 Å². The van der Waals surface area contributed by atoms with E-state index in [-0.39, 0.29) is 17.2 Å². The van der Waals surface area contributed by atoms with Gasteiger partial charge in [-0.05, 0) is 17.7 Å². The van der Waals surface area contributed by atoms with E-state index in [1.54, 1.807) is 12.1 Å². The van der Waals surface area contributed by atoms with Gasteiger partial charge in [0.05, 0.1) is 4.92 Å². The highest BCUT2D eigenvalue weighted by molar-refractivity contribution is 5.95. The lowest BCUT2D eigenvalue weighted by Crippen LogP contribution is -2.50. The van der Waals surface area contributed by atoms with Crippen molar-refractivity contribution >= 4 is 23.2 Å². The molecule has 152 valence electrons. The molecule has 2 aromatic carbocycles. The molecule has 1 atom stereocenters. The first-order valence-electron chi connectivity index (χ1n) is 9.26. The van der Waals surface area contributed by atoms with Crippen molar-refractivity contribution in [3.63, 3.8) is 0 Å². The van der Waals surface area contributed by atoms with Crippen LogP contribution in [0.2, 0.25) is 0 Å². The van der Waals surface area contributed by atoms with E-state index >= 15 is 0 Å². The number of nitrogens with two attached hydrogens (primary N) is 1. The molecule has 1 aliphatic heterocycles. The Balaban J connectivity index is 1.79. The third kappa shape index (κ3) is 4.35. The topological polar surface area (TPSA) is 122 Å². The molecule has 2 aromatic rings. The summed E-state index contributed by atoms with van der Waals surface area (Å²) in [5.74, 6) is -0.804. The smallest absolute Gasteiger partial charge is 0.293 e. The lowest BCUT2D eigenvalue weighted by Gasteiger charge is -2.39. The number of amides is 2. The molecule has 0 spiro atoms. The molecule has 9 nitrogen and oxygen atoms in total. The van der Waals surface area contributed by atoms with E-state index in [4.69, 9.17) is 5.73 Å². The van der Waals surface area contributed by atoms with E-state index in [2.05, 4.69) is 5.32 Å². The number of hydrogen-bond acceptors (Lipinski definition) is 6. The zero-order valence-electron chi connectivity index (χ0n) is 16.1. The van der Waals surface area contributed by atoms with Crippen LogP contribution in [0.15, 0.2) is 48.5 Å². The summed E-state index contributed by atoms with van der Waals surface area (Å²) in [7, 11) is 1.48. The van der Waals surface area contributed by atoms with Gasteiger partial charge in [-0.3, -0.25) is 24.6 Å². The minimum absolute atomic E-state index is 0.117. The highest BCUT2D eigenvalue weighted by Crippen LogP contribution is 2.31. The zero-order chi connectivity index (χ0) is 21.0. The Bertz CT molecular complexity index is 910. The Morgan fingerprint density at radius 2 is 1.76 bits per heavy atom. The number of nitrogens with zero attached hydrogens (tertiary/aromatic N) is 3. The molecule has 0 radical (unpaired) electrons. The molecule has 1 unspecified atom stereocenters. The number of carbonyl (C=O) groups excluding carboxylic acids is 2. The Kier molecular flexibility index (Phi) is 6.08. The van der Waals surface area contributed by atoms with Crippen LogP contribution in [0.4, 0.5) is 11.4 Å². The largest absolute Gasteiger partial charge is 0.368 e. The number of nitro groups is 1. The molecule has 2 amide bonds. The molecule has 3 rings (SSSR count). The summed E-state index contributed by atoms with van der Waals surface area (Å²) in [6.45, 7) is 2.04. The van der Waals surface area contributed by atoms with Gasteiger partial charge < -0.3 is 16.0 Å². The van der Waals surface area contributed by atoms with Crippen LogP contribution in [-0.4, -0.2) is 54.9 Å². The fourth-order valence-electron chi connectivity index (χ4n) is 3.63. The Hall–Kier alpha value is -3.46. The number of benzene rings is 2. The van der Waals surface area contributed by atoms with Gasteiger partial charge >= 0.3 is 0 Å². The number of nitro benzene ring substituents is 1. The van der Waals surface area contributed by atoms with Crippen molar-refractivity contribution in [1.82, 2.24) is 10.2 Å². The number of primary amides is 1. The Labute approximate surface area is 168 Å². The van der Waals surface area contributed by atoms with Crippen molar-refractivity contribution in [3.8, 4) is 0 Å². The Morgan fingerprint density at radius 1 is 1.10 bits per heavy atom. The van der Waals surface area contributed by atoms with Gasteiger partial charge in [-0.25, -0.2) is 0 Å². The average Bonchev–Trinajstić information content (AvgIpc) is 2.74. The number of rotatable bonds is 6. The van der Waals surface area contributed by atoms with E-state index in [0.29, 0.717) is 31.9 Å². The maximum Gasteiger partial charge on any atom is 0.293 e. The molecular formula is C20H23N5O4. The van der Waals surface area contributed by atoms with Crippen LogP contribution in [0, 0.1) is 10.1 Å². The fourth-order valence-corrected chi connectivity index (χ4v) is 3.63. The third-order valence-corrected chi connectivity index (χ3v) is 5.07. The van der Waals surface area contributed by atoms with Crippen molar-refractivity contribution < 1.29 is 14.5 Å². The first kappa shape index (κ1) is 20.3. The van der Waals surface area contributed by atoms with Crippen molar-refractivity contribution in [2.75, 3.05) is 38.1 Å². The SMILES string of the molecule is CNC(=O)c1ccc(N2CCN(C(C(N)=O)c3ccccc3)CC2)c([N+](=O)[O-])c1. The first-order chi connectivity index (χ1) is 13.9. The molecule has 0 aromatic heterocycles. The van der Waals surface area contributed by atoms with E-state index in [1.807, 2.05) is 40.1 Å². The molecule has 29 heavy (non-hydrogen) atoms. The van der Waals surface area contributed by atoms with Gasteiger partial charge in [-0.1, -0.05) is 30.3 Å². The summed E-state index contributed by atoms with van der Waals surface area (Å²) in [4.78, 5) is 38.8. The third-order valence-electron chi connectivity index (χ3n) is 5.07. The lowest BCUT2D eigenvalue weighted by molar-refractivity contribution is -0.384. The predicted molar refractivity (Wildman–Crippen MR) is 109 cm³/mol. The van der Waals surface area contributed by atoms with Gasteiger partial charge in [0.15, 0.2) is 0 Å². The number of anilines is 1. The zero-order valence-corrected chi connectivity index (χ0v) is 16.1. The van der Waals surface area contributed by atoms with Crippen LogP contribution < -0.4 is 16.0 Å². The molecule has 1 heterocycles. The summed E-state index contributed by atoms with van der Waals surface area (Å²) in [6, 6.07) is 13.2.